The van der Waals surface area contributed by atoms with Gasteiger partial charge >= 0.3 is 0 Å². The minimum absolute atomic E-state index is 0.203. The number of aliphatic hydroxyl groups excluding tert-OH is 1. The third-order valence-electron chi connectivity index (χ3n) is 6.00. The molecule has 3 aliphatic rings. The zero-order chi connectivity index (χ0) is 15.6. The van der Waals surface area contributed by atoms with Gasteiger partial charge < -0.3 is 9.84 Å². The van der Waals surface area contributed by atoms with Crippen molar-refractivity contribution < 1.29 is 9.84 Å². The third-order valence-corrected chi connectivity index (χ3v) is 6.00. The van der Waals surface area contributed by atoms with Gasteiger partial charge in [-0.2, -0.15) is 5.10 Å². The van der Waals surface area contributed by atoms with Crippen LogP contribution in [-0.2, 0) is 11.3 Å². The van der Waals surface area contributed by atoms with Crippen LogP contribution < -0.4 is 0 Å². The summed E-state index contributed by atoms with van der Waals surface area (Å²) in [7, 11) is 0. The topological polar surface area (TPSA) is 50.5 Å². The molecule has 1 aliphatic carbocycles. The fourth-order valence-electron chi connectivity index (χ4n) is 4.69. The molecule has 3 atom stereocenters. The van der Waals surface area contributed by atoms with Crippen LogP contribution >= 0.6 is 0 Å². The van der Waals surface area contributed by atoms with Crippen LogP contribution in [0.2, 0.25) is 0 Å². The van der Waals surface area contributed by atoms with E-state index in [1.807, 2.05) is 0 Å². The monoisotopic (exact) mass is 319 g/mol. The number of nitrogens with zero attached hydrogens (tertiary/aromatic N) is 3. The normalized spacial score (nSPS) is 33.5. The lowest BCUT2D eigenvalue weighted by Gasteiger charge is -2.36. The number of aromatic nitrogens is 2. The largest absolute Gasteiger partial charge is 0.393 e. The van der Waals surface area contributed by atoms with E-state index in [1.54, 1.807) is 0 Å². The van der Waals surface area contributed by atoms with E-state index in [2.05, 4.69) is 21.8 Å². The average Bonchev–Trinajstić information content (AvgIpc) is 3.29. The van der Waals surface area contributed by atoms with Gasteiger partial charge in [0.2, 0.25) is 0 Å². The molecule has 3 fully saturated rings. The Balaban J connectivity index is 1.41. The average molecular weight is 319 g/mol. The highest BCUT2D eigenvalue weighted by Crippen LogP contribution is 2.32. The molecule has 1 N–H and O–H groups in total. The molecular weight excluding hydrogens is 290 g/mol. The summed E-state index contributed by atoms with van der Waals surface area (Å²) in [6.07, 6.45) is 10.4. The van der Waals surface area contributed by atoms with Gasteiger partial charge in [0.1, 0.15) is 0 Å². The second-order valence-corrected chi connectivity index (χ2v) is 7.50. The predicted molar refractivity (Wildman–Crippen MR) is 88.1 cm³/mol. The van der Waals surface area contributed by atoms with Gasteiger partial charge in [0.05, 0.1) is 24.4 Å². The molecule has 23 heavy (non-hydrogen) atoms. The van der Waals surface area contributed by atoms with Gasteiger partial charge in [0.25, 0.3) is 0 Å². The maximum atomic E-state index is 10.3. The molecule has 1 aromatic rings. The van der Waals surface area contributed by atoms with E-state index < -0.39 is 0 Å². The summed E-state index contributed by atoms with van der Waals surface area (Å²) >= 11 is 0. The molecule has 1 saturated carbocycles. The second-order valence-electron chi connectivity index (χ2n) is 7.50. The molecule has 0 aromatic carbocycles. The Morgan fingerprint density at radius 2 is 2.04 bits per heavy atom. The number of hydrogen-bond donors (Lipinski definition) is 1. The van der Waals surface area contributed by atoms with Gasteiger partial charge in [0, 0.05) is 31.3 Å². The van der Waals surface area contributed by atoms with E-state index in [0.29, 0.717) is 25.3 Å². The van der Waals surface area contributed by atoms with Crippen LogP contribution in [-0.4, -0.2) is 51.7 Å². The first-order valence-corrected chi connectivity index (χ1v) is 9.35. The van der Waals surface area contributed by atoms with Crippen molar-refractivity contribution in [2.24, 2.45) is 5.92 Å². The fourth-order valence-corrected chi connectivity index (χ4v) is 4.69. The summed E-state index contributed by atoms with van der Waals surface area (Å²) in [5.41, 5.74) is 1.18. The molecule has 0 spiro atoms. The minimum Gasteiger partial charge on any atom is -0.393 e. The van der Waals surface area contributed by atoms with E-state index in [0.717, 1.165) is 19.5 Å². The van der Waals surface area contributed by atoms with Crippen LogP contribution in [0.5, 0.6) is 0 Å². The van der Waals surface area contributed by atoms with Crippen molar-refractivity contribution >= 4 is 0 Å². The molecule has 0 unspecified atom stereocenters. The number of ether oxygens (including phenoxy) is 1. The quantitative estimate of drug-likeness (QED) is 0.925. The first-order chi connectivity index (χ1) is 11.3. The summed E-state index contributed by atoms with van der Waals surface area (Å²) in [4.78, 5) is 2.52. The third kappa shape index (κ3) is 3.32. The molecule has 2 aliphatic heterocycles. The SMILES string of the molecule is O[C@@H]1CCOC[C@@H]1[C@@H]1CCCN1Cc1ccn(C2CCCC2)n1. The summed E-state index contributed by atoms with van der Waals surface area (Å²) in [6.45, 7) is 3.44. The van der Waals surface area contributed by atoms with Crippen molar-refractivity contribution in [3.63, 3.8) is 0 Å². The van der Waals surface area contributed by atoms with E-state index >= 15 is 0 Å². The lowest BCUT2D eigenvalue weighted by molar-refractivity contribution is -0.0637. The molecule has 0 bridgehead atoms. The van der Waals surface area contributed by atoms with Gasteiger partial charge in [-0.25, -0.2) is 0 Å². The van der Waals surface area contributed by atoms with Gasteiger partial charge in [-0.05, 0) is 44.7 Å². The summed E-state index contributed by atoms with van der Waals surface area (Å²) in [5.74, 6) is 0.267. The van der Waals surface area contributed by atoms with Crippen LogP contribution in [0.1, 0.15) is 56.7 Å². The molecule has 0 radical (unpaired) electrons. The van der Waals surface area contributed by atoms with Gasteiger partial charge in [-0.15, -0.1) is 0 Å². The van der Waals surface area contributed by atoms with E-state index in [1.165, 1.54) is 44.2 Å². The van der Waals surface area contributed by atoms with Gasteiger partial charge in [-0.3, -0.25) is 9.58 Å². The number of rotatable bonds is 4. The highest BCUT2D eigenvalue weighted by atomic mass is 16.5. The molecule has 5 heteroatoms. The zero-order valence-corrected chi connectivity index (χ0v) is 13.9. The summed E-state index contributed by atoms with van der Waals surface area (Å²) < 4.78 is 7.82. The van der Waals surface area contributed by atoms with Crippen LogP contribution in [0.3, 0.4) is 0 Å². The van der Waals surface area contributed by atoms with Crippen molar-refractivity contribution in [3.8, 4) is 0 Å². The summed E-state index contributed by atoms with van der Waals surface area (Å²) in [6, 6.07) is 3.25. The Kier molecular flexibility index (Phi) is 4.69. The van der Waals surface area contributed by atoms with Crippen molar-refractivity contribution in [3.05, 3.63) is 18.0 Å². The Morgan fingerprint density at radius 1 is 1.17 bits per heavy atom. The molecular formula is C18H29N3O2. The number of aliphatic hydroxyl groups is 1. The Hall–Kier alpha value is -0.910. The maximum absolute atomic E-state index is 10.3. The van der Waals surface area contributed by atoms with Crippen molar-refractivity contribution in [1.29, 1.82) is 0 Å². The van der Waals surface area contributed by atoms with E-state index in [4.69, 9.17) is 9.84 Å². The minimum atomic E-state index is -0.203. The highest BCUT2D eigenvalue weighted by Gasteiger charge is 2.37. The van der Waals surface area contributed by atoms with Crippen molar-refractivity contribution in [2.45, 2.75) is 69.7 Å². The number of likely N-dealkylation sites (tertiary alicyclic amines) is 1. The standard InChI is InChI=1S/C18H29N3O2/c22-18-8-11-23-13-16(18)17-6-3-9-20(17)12-14-7-10-21(19-14)15-4-1-2-5-15/h7,10,15-18,22H,1-6,8-9,11-13H2/t16-,17+,18-/m1/s1. The first-order valence-electron chi connectivity index (χ1n) is 9.35. The molecule has 128 valence electrons. The van der Waals surface area contributed by atoms with Gasteiger partial charge in [-0.1, -0.05) is 12.8 Å². The molecule has 3 heterocycles. The Morgan fingerprint density at radius 3 is 2.87 bits per heavy atom. The van der Waals surface area contributed by atoms with Crippen LogP contribution in [0, 0.1) is 5.92 Å². The summed E-state index contributed by atoms with van der Waals surface area (Å²) in [5, 5.41) is 15.2. The van der Waals surface area contributed by atoms with Crippen LogP contribution in [0.4, 0.5) is 0 Å². The molecule has 5 nitrogen and oxygen atoms in total. The van der Waals surface area contributed by atoms with Crippen LogP contribution in [0.25, 0.3) is 0 Å². The molecule has 4 rings (SSSR count). The lowest BCUT2D eigenvalue weighted by Crippen LogP contribution is -2.45. The van der Waals surface area contributed by atoms with Crippen molar-refractivity contribution in [2.75, 3.05) is 19.8 Å². The zero-order valence-electron chi connectivity index (χ0n) is 13.9. The lowest BCUT2D eigenvalue weighted by atomic mass is 9.89. The van der Waals surface area contributed by atoms with Gasteiger partial charge in [0.15, 0.2) is 0 Å². The fraction of sp³-hybridized carbons (Fsp3) is 0.833. The van der Waals surface area contributed by atoms with E-state index in [-0.39, 0.29) is 12.0 Å². The first kappa shape index (κ1) is 15.6. The molecule has 2 saturated heterocycles. The van der Waals surface area contributed by atoms with Crippen LogP contribution in [0.15, 0.2) is 12.3 Å². The second kappa shape index (κ2) is 6.91. The Labute approximate surface area is 138 Å². The van der Waals surface area contributed by atoms with Crippen molar-refractivity contribution in [1.82, 2.24) is 14.7 Å². The predicted octanol–water partition coefficient (Wildman–Crippen LogP) is 2.36. The van der Waals surface area contributed by atoms with E-state index in [9.17, 15) is 5.11 Å². The Bertz CT molecular complexity index is 512. The number of hydrogen-bond acceptors (Lipinski definition) is 4. The maximum Gasteiger partial charge on any atom is 0.0765 e. The smallest absolute Gasteiger partial charge is 0.0765 e. The molecule has 0 amide bonds. The molecule has 1 aromatic heterocycles. The highest BCUT2D eigenvalue weighted by molar-refractivity contribution is 5.02.